The highest BCUT2D eigenvalue weighted by Crippen LogP contribution is 2.20. The number of nitrogens with one attached hydrogen (secondary N) is 1. The van der Waals surface area contributed by atoms with Crippen LogP contribution in [0.1, 0.15) is 15.9 Å². The molecule has 20 heavy (non-hydrogen) atoms. The van der Waals surface area contributed by atoms with Gasteiger partial charge in [0.15, 0.2) is 0 Å². The zero-order valence-electron chi connectivity index (χ0n) is 10.1. The molecule has 0 aliphatic heterocycles. The second-order valence-electron chi connectivity index (χ2n) is 3.84. The summed E-state index contributed by atoms with van der Waals surface area (Å²) in [6.07, 6.45) is 1.55. The van der Waals surface area contributed by atoms with E-state index < -0.39 is 5.91 Å². The van der Waals surface area contributed by atoms with Crippen LogP contribution in [0.15, 0.2) is 52.0 Å². The maximum atomic E-state index is 11.9. The van der Waals surface area contributed by atoms with Crippen molar-refractivity contribution in [3.63, 3.8) is 0 Å². The highest BCUT2D eigenvalue weighted by atomic mass is 79.9. The molecule has 0 aliphatic carbocycles. The quantitative estimate of drug-likeness (QED) is 0.625. The lowest BCUT2D eigenvalue weighted by Gasteiger charge is -2.03. The third kappa shape index (κ3) is 3.82. The van der Waals surface area contributed by atoms with E-state index in [4.69, 9.17) is 23.2 Å². The predicted octanol–water partition coefficient (Wildman–Crippen LogP) is 4.52. The number of rotatable bonds is 3. The Balaban J connectivity index is 2.07. The molecule has 2 aromatic rings. The van der Waals surface area contributed by atoms with Crippen molar-refractivity contribution in [2.75, 3.05) is 0 Å². The summed E-state index contributed by atoms with van der Waals surface area (Å²) < 4.78 is 0.891. The summed E-state index contributed by atoms with van der Waals surface area (Å²) in [5.41, 5.74) is 3.59. The standard InChI is InChI=1S/C14H9BrCl2N2O/c15-12-4-2-1-3-9(12)8-18-19-14(20)11-6-5-10(16)7-13(11)17/h1-8H,(H,19,20)/b18-8-. The molecule has 1 amide bonds. The molecule has 3 nitrogen and oxygen atoms in total. The van der Waals surface area contributed by atoms with E-state index in [1.165, 1.54) is 6.07 Å². The molecule has 0 spiro atoms. The van der Waals surface area contributed by atoms with Gasteiger partial charge in [0.05, 0.1) is 16.8 Å². The molecule has 102 valence electrons. The van der Waals surface area contributed by atoms with Gasteiger partial charge in [0, 0.05) is 15.1 Å². The van der Waals surface area contributed by atoms with Crippen LogP contribution < -0.4 is 5.43 Å². The zero-order chi connectivity index (χ0) is 14.5. The first-order valence-corrected chi connectivity index (χ1v) is 7.16. The normalized spacial score (nSPS) is 10.8. The van der Waals surface area contributed by atoms with Gasteiger partial charge in [-0.25, -0.2) is 5.43 Å². The third-order valence-corrected chi connectivity index (χ3v) is 3.72. The Morgan fingerprint density at radius 2 is 1.95 bits per heavy atom. The number of benzene rings is 2. The average molecular weight is 372 g/mol. The molecule has 0 radical (unpaired) electrons. The highest BCUT2D eigenvalue weighted by molar-refractivity contribution is 9.10. The van der Waals surface area contributed by atoms with E-state index in [1.54, 1.807) is 18.3 Å². The molecule has 0 aromatic heterocycles. The van der Waals surface area contributed by atoms with Crippen LogP contribution in [0.4, 0.5) is 0 Å². The van der Waals surface area contributed by atoms with Gasteiger partial charge >= 0.3 is 0 Å². The minimum absolute atomic E-state index is 0.283. The van der Waals surface area contributed by atoms with E-state index in [-0.39, 0.29) is 5.02 Å². The van der Waals surface area contributed by atoms with Gasteiger partial charge in [0.25, 0.3) is 5.91 Å². The molecule has 0 atom stereocenters. The molecule has 0 fully saturated rings. The van der Waals surface area contributed by atoms with Crippen LogP contribution in [0, 0.1) is 0 Å². The van der Waals surface area contributed by atoms with Crippen molar-refractivity contribution in [1.82, 2.24) is 5.43 Å². The van der Waals surface area contributed by atoms with Crippen LogP contribution >= 0.6 is 39.1 Å². The van der Waals surface area contributed by atoms with Crippen LogP contribution in [-0.4, -0.2) is 12.1 Å². The van der Waals surface area contributed by atoms with E-state index in [0.29, 0.717) is 10.6 Å². The Morgan fingerprint density at radius 3 is 2.65 bits per heavy atom. The van der Waals surface area contributed by atoms with Gasteiger partial charge < -0.3 is 0 Å². The molecule has 2 rings (SSSR count). The fraction of sp³-hybridized carbons (Fsp3) is 0. The van der Waals surface area contributed by atoms with E-state index in [2.05, 4.69) is 26.5 Å². The second-order valence-corrected chi connectivity index (χ2v) is 5.54. The number of hydrogen-bond donors (Lipinski definition) is 1. The number of halogens is 3. The van der Waals surface area contributed by atoms with Gasteiger partial charge in [0.1, 0.15) is 0 Å². The minimum Gasteiger partial charge on any atom is -0.267 e. The summed E-state index contributed by atoms with van der Waals surface area (Å²) in [5, 5.41) is 4.65. The molecule has 0 heterocycles. The van der Waals surface area contributed by atoms with Gasteiger partial charge in [-0.2, -0.15) is 5.10 Å². The Labute approximate surface area is 134 Å². The zero-order valence-corrected chi connectivity index (χ0v) is 13.2. The number of amides is 1. The molecular formula is C14H9BrCl2N2O. The fourth-order valence-corrected chi connectivity index (χ4v) is 2.36. The Morgan fingerprint density at radius 1 is 1.20 bits per heavy atom. The molecule has 0 saturated carbocycles. The number of carbonyl (C=O) groups excluding carboxylic acids is 1. The van der Waals surface area contributed by atoms with Crippen molar-refractivity contribution >= 4 is 51.3 Å². The van der Waals surface area contributed by atoms with Gasteiger partial charge in [0.2, 0.25) is 0 Å². The summed E-state index contributed by atoms with van der Waals surface area (Å²) in [4.78, 5) is 11.9. The highest BCUT2D eigenvalue weighted by Gasteiger charge is 2.09. The molecule has 2 aromatic carbocycles. The van der Waals surface area contributed by atoms with Crippen molar-refractivity contribution in [2.24, 2.45) is 5.10 Å². The molecule has 1 N–H and O–H groups in total. The summed E-state index contributed by atoms with van der Waals surface area (Å²) >= 11 is 15.1. The van der Waals surface area contributed by atoms with E-state index in [0.717, 1.165) is 10.0 Å². The summed E-state index contributed by atoms with van der Waals surface area (Å²) in [6.45, 7) is 0. The van der Waals surface area contributed by atoms with Crippen molar-refractivity contribution < 1.29 is 4.79 Å². The molecule has 0 aliphatic rings. The Hall–Kier alpha value is -1.36. The SMILES string of the molecule is O=C(N/N=C\c1ccccc1Br)c1ccc(Cl)cc1Cl. The first-order chi connectivity index (χ1) is 9.58. The number of hydrazone groups is 1. The monoisotopic (exact) mass is 370 g/mol. The van der Waals surface area contributed by atoms with Gasteiger partial charge in [-0.05, 0) is 24.3 Å². The lowest BCUT2D eigenvalue weighted by Crippen LogP contribution is -2.18. The van der Waals surface area contributed by atoms with Gasteiger partial charge in [-0.15, -0.1) is 0 Å². The third-order valence-electron chi connectivity index (χ3n) is 2.45. The maximum Gasteiger partial charge on any atom is 0.272 e. The van der Waals surface area contributed by atoms with Gasteiger partial charge in [-0.1, -0.05) is 57.3 Å². The second kappa shape index (κ2) is 6.88. The molecule has 0 bridgehead atoms. The molecular weight excluding hydrogens is 363 g/mol. The van der Waals surface area contributed by atoms with Crippen LogP contribution in [0.25, 0.3) is 0 Å². The van der Waals surface area contributed by atoms with Crippen molar-refractivity contribution in [3.8, 4) is 0 Å². The summed E-state index contributed by atoms with van der Waals surface area (Å²) in [7, 11) is 0. The van der Waals surface area contributed by atoms with Crippen LogP contribution in [0.5, 0.6) is 0 Å². The number of carbonyl (C=O) groups is 1. The van der Waals surface area contributed by atoms with Crippen molar-refractivity contribution in [3.05, 3.63) is 68.1 Å². The molecule has 6 heteroatoms. The van der Waals surface area contributed by atoms with Gasteiger partial charge in [-0.3, -0.25) is 4.79 Å². The first kappa shape index (κ1) is 15.0. The number of hydrogen-bond acceptors (Lipinski definition) is 2. The van der Waals surface area contributed by atoms with Crippen LogP contribution in [0.3, 0.4) is 0 Å². The Kier molecular flexibility index (Phi) is 5.17. The largest absolute Gasteiger partial charge is 0.272 e. The minimum atomic E-state index is -0.394. The number of nitrogens with zero attached hydrogens (tertiary/aromatic N) is 1. The van der Waals surface area contributed by atoms with E-state index in [1.807, 2.05) is 24.3 Å². The van der Waals surface area contributed by atoms with E-state index >= 15 is 0 Å². The van der Waals surface area contributed by atoms with Crippen LogP contribution in [-0.2, 0) is 0 Å². The lowest BCUT2D eigenvalue weighted by molar-refractivity contribution is 0.0955. The van der Waals surface area contributed by atoms with Crippen molar-refractivity contribution in [2.45, 2.75) is 0 Å². The molecule has 0 saturated heterocycles. The predicted molar refractivity (Wildman–Crippen MR) is 85.7 cm³/mol. The lowest BCUT2D eigenvalue weighted by atomic mass is 10.2. The Bertz CT molecular complexity index is 674. The van der Waals surface area contributed by atoms with Crippen molar-refractivity contribution in [1.29, 1.82) is 0 Å². The summed E-state index contributed by atoms with van der Waals surface area (Å²) in [5.74, 6) is -0.394. The topological polar surface area (TPSA) is 41.5 Å². The average Bonchev–Trinajstić information content (AvgIpc) is 2.40. The smallest absolute Gasteiger partial charge is 0.267 e. The van der Waals surface area contributed by atoms with Crippen LogP contribution in [0.2, 0.25) is 10.0 Å². The first-order valence-electron chi connectivity index (χ1n) is 5.61. The summed E-state index contributed by atoms with van der Waals surface area (Å²) in [6, 6.07) is 12.2. The van der Waals surface area contributed by atoms with E-state index in [9.17, 15) is 4.79 Å². The maximum absolute atomic E-state index is 11.9. The fourth-order valence-electron chi connectivity index (χ4n) is 1.47. The molecule has 0 unspecified atom stereocenters.